The van der Waals surface area contributed by atoms with Gasteiger partial charge in [0.05, 0.1) is 4.92 Å². The summed E-state index contributed by atoms with van der Waals surface area (Å²) in [5.74, 6) is 0.944. The van der Waals surface area contributed by atoms with E-state index in [1.165, 1.54) is 6.07 Å². The fourth-order valence-corrected chi connectivity index (χ4v) is 3.39. The van der Waals surface area contributed by atoms with Gasteiger partial charge in [-0.15, -0.1) is 0 Å². The SMILES string of the molecule is CC1(C)CCN(c2ccc(C=O)cc2[N+](=O)[O-])CCS1. The Morgan fingerprint density at radius 2 is 2.15 bits per heavy atom. The Hall–Kier alpha value is -1.56. The maximum absolute atomic E-state index is 11.2. The van der Waals surface area contributed by atoms with Crippen LogP contribution in [0, 0.1) is 10.1 Å². The van der Waals surface area contributed by atoms with Crippen LogP contribution in [0.3, 0.4) is 0 Å². The van der Waals surface area contributed by atoms with Crippen LogP contribution in [-0.4, -0.2) is 34.8 Å². The summed E-state index contributed by atoms with van der Waals surface area (Å²) >= 11 is 1.89. The zero-order valence-corrected chi connectivity index (χ0v) is 12.5. The zero-order chi connectivity index (χ0) is 14.8. The quantitative estimate of drug-likeness (QED) is 0.487. The minimum Gasteiger partial charge on any atom is -0.365 e. The Balaban J connectivity index is 2.32. The van der Waals surface area contributed by atoms with E-state index in [0.717, 1.165) is 25.3 Å². The van der Waals surface area contributed by atoms with E-state index in [4.69, 9.17) is 0 Å². The molecular weight excluding hydrogens is 276 g/mol. The van der Waals surface area contributed by atoms with Gasteiger partial charge >= 0.3 is 0 Å². The lowest BCUT2D eigenvalue weighted by Crippen LogP contribution is -2.27. The average Bonchev–Trinajstić information content (AvgIpc) is 2.59. The first-order chi connectivity index (χ1) is 9.43. The van der Waals surface area contributed by atoms with Crippen molar-refractivity contribution in [1.82, 2.24) is 0 Å². The Bertz CT molecular complexity index is 531. The molecule has 0 N–H and O–H groups in total. The molecule has 5 nitrogen and oxygen atoms in total. The van der Waals surface area contributed by atoms with Gasteiger partial charge in [-0.1, -0.05) is 13.8 Å². The molecule has 1 aliphatic rings. The smallest absolute Gasteiger partial charge is 0.293 e. The van der Waals surface area contributed by atoms with Crippen molar-refractivity contribution in [1.29, 1.82) is 0 Å². The Labute approximate surface area is 122 Å². The Kier molecular flexibility index (Phi) is 4.32. The molecule has 1 fully saturated rings. The number of hydrogen-bond acceptors (Lipinski definition) is 5. The van der Waals surface area contributed by atoms with E-state index in [1.54, 1.807) is 12.1 Å². The molecule has 1 aromatic carbocycles. The van der Waals surface area contributed by atoms with E-state index >= 15 is 0 Å². The second-order valence-electron chi connectivity index (χ2n) is 5.47. The summed E-state index contributed by atoms with van der Waals surface area (Å²) in [5, 5.41) is 11.2. The van der Waals surface area contributed by atoms with Crippen molar-refractivity contribution >= 4 is 29.4 Å². The lowest BCUT2D eigenvalue weighted by molar-refractivity contribution is -0.384. The maximum Gasteiger partial charge on any atom is 0.293 e. The topological polar surface area (TPSA) is 63.5 Å². The Morgan fingerprint density at radius 3 is 2.80 bits per heavy atom. The molecule has 0 saturated carbocycles. The summed E-state index contributed by atoms with van der Waals surface area (Å²) in [6.07, 6.45) is 1.61. The van der Waals surface area contributed by atoms with Crippen molar-refractivity contribution in [3.63, 3.8) is 0 Å². The van der Waals surface area contributed by atoms with Crippen LogP contribution in [0.1, 0.15) is 30.6 Å². The molecule has 0 atom stereocenters. The number of hydrogen-bond donors (Lipinski definition) is 0. The van der Waals surface area contributed by atoms with E-state index in [2.05, 4.69) is 18.7 Å². The van der Waals surface area contributed by atoms with E-state index in [9.17, 15) is 14.9 Å². The molecule has 6 heteroatoms. The summed E-state index contributed by atoms with van der Waals surface area (Å²) in [6, 6.07) is 4.68. The van der Waals surface area contributed by atoms with Gasteiger partial charge in [-0.2, -0.15) is 11.8 Å². The number of thioether (sulfide) groups is 1. The number of benzene rings is 1. The third kappa shape index (κ3) is 3.30. The third-order valence-corrected chi connectivity index (χ3v) is 4.88. The number of aldehydes is 1. The lowest BCUT2D eigenvalue weighted by Gasteiger charge is -2.24. The third-order valence-electron chi connectivity index (χ3n) is 3.51. The normalized spacial score (nSPS) is 18.4. The number of carbonyl (C=O) groups excluding carboxylic acids is 1. The number of nitro benzene ring substituents is 1. The van der Waals surface area contributed by atoms with Crippen LogP contribution < -0.4 is 4.90 Å². The summed E-state index contributed by atoms with van der Waals surface area (Å²) in [7, 11) is 0. The largest absolute Gasteiger partial charge is 0.365 e. The summed E-state index contributed by atoms with van der Waals surface area (Å²) < 4.78 is 0.201. The highest BCUT2D eigenvalue weighted by atomic mass is 32.2. The van der Waals surface area contributed by atoms with Crippen molar-refractivity contribution in [3.05, 3.63) is 33.9 Å². The Morgan fingerprint density at radius 1 is 1.40 bits per heavy atom. The van der Waals surface area contributed by atoms with Crippen molar-refractivity contribution in [2.45, 2.75) is 25.0 Å². The number of rotatable bonds is 3. The summed E-state index contributed by atoms with van der Waals surface area (Å²) in [6.45, 7) is 5.98. The second kappa shape index (κ2) is 5.83. The summed E-state index contributed by atoms with van der Waals surface area (Å²) in [5.41, 5.74) is 0.961. The van der Waals surface area contributed by atoms with Gasteiger partial charge in [0.2, 0.25) is 0 Å². The van der Waals surface area contributed by atoms with Crippen molar-refractivity contribution in [3.8, 4) is 0 Å². The first-order valence-corrected chi connectivity index (χ1v) is 7.54. The van der Waals surface area contributed by atoms with Crippen LogP contribution in [0.2, 0.25) is 0 Å². The fourth-order valence-electron chi connectivity index (χ4n) is 2.29. The van der Waals surface area contributed by atoms with Crippen LogP contribution >= 0.6 is 11.8 Å². The van der Waals surface area contributed by atoms with E-state index in [0.29, 0.717) is 17.5 Å². The van der Waals surface area contributed by atoms with Crippen LogP contribution in [0.4, 0.5) is 11.4 Å². The monoisotopic (exact) mass is 294 g/mol. The molecule has 1 saturated heterocycles. The van der Waals surface area contributed by atoms with Gasteiger partial charge in [0.25, 0.3) is 5.69 Å². The molecule has 0 amide bonds. The van der Waals surface area contributed by atoms with Gasteiger partial charge in [-0.3, -0.25) is 14.9 Å². The van der Waals surface area contributed by atoms with Crippen LogP contribution in [0.15, 0.2) is 18.2 Å². The maximum atomic E-state index is 11.2. The van der Waals surface area contributed by atoms with E-state index < -0.39 is 4.92 Å². The molecule has 0 aliphatic carbocycles. The first kappa shape index (κ1) is 14.8. The predicted molar refractivity (Wildman–Crippen MR) is 81.9 cm³/mol. The number of carbonyl (C=O) groups is 1. The van der Waals surface area contributed by atoms with E-state index in [-0.39, 0.29) is 10.4 Å². The highest BCUT2D eigenvalue weighted by Crippen LogP contribution is 2.35. The van der Waals surface area contributed by atoms with Crippen molar-refractivity contribution in [2.24, 2.45) is 0 Å². The molecule has 1 aromatic rings. The van der Waals surface area contributed by atoms with Gasteiger partial charge in [0, 0.05) is 35.2 Å². The van der Waals surface area contributed by atoms with Crippen LogP contribution in [-0.2, 0) is 0 Å². The van der Waals surface area contributed by atoms with Gasteiger partial charge in [0.1, 0.15) is 12.0 Å². The zero-order valence-electron chi connectivity index (χ0n) is 11.7. The summed E-state index contributed by atoms with van der Waals surface area (Å²) in [4.78, 5) is 23.6. The van der Waals surface area contributed by atoms with Crippen LogP contribution in [0.25, 0.3) is 0 Å². The highest BCUT2D eigenvalue weighted by Gasteiger charge is 2.27. The average molecular weight is 294 g/mol. The number of nitro groups is 1. The highest BCUT2D eigenvalue weighted by molar-refractivity contribution is 8.00. The molecular formula is C14H18N2O3S. The van der Waals surface area contributed by atoms with Crippen LogP contribution in [0.5, 0.6) is 0 Å². The first-order valence-electron chi connectivity index (χ1n) is 6.55. The minimum absolute atomic E-state index is 0.0132. The van der Waals surface area contributed by atoms with Gasteiger partial charge in [0.15, 0.2) is 0 Å². The van der Waals surface area contributed by atoms with Crippen molar-refractivity contribution in [2.75, 3.05) is 23.7 Å². The fraction of sp³-hybridized carbons (Fsp3) is 0.500. The standard InChI is InChI=1S/C14H18N2O3S/c1-14(2)5-6-15(7-8-20-14)12-4-3-11(10-17)9-13(12)16(18)19/h3-4,9-10H,5-8H2,1-2H3. The molecule has 1 aliphatic heterocycles. The number of anilines is 1. The molecule has 20 heavy (non-hydrogen) atoms. The molecule has 108 valence electrons. The molecule has 0 aromatic heterocycles. The van der Waals surface area contributed by atoms with Crippen molar-refractivity contribution < 1.29 is 9.72 Å². The second-order valence-corrected chi connectivity index (χ2v) is 7.27. The van der Waals surface area contributed by atoms with E-state index in [1.807, 2.05) is 11.8 Å². The van der Waals surface area contributed by atoms with Gasteiger partial charge in [-0.05, 0) is 18.6 Å². The molecule has 0 unspecified atom stereocenters. The van der Waals surface area contributed by atoms with Gasteiger partial charge in [-0.25, -0.2) is 0 Å². The molecule has 0 radical (unpaired) electrons. The molecule has 2 rings (SSSR count). The molecule has 0 spiro atoms. The minimum atomic E-state index is -0.411. The predicted octanol–water partition coefficient (Wildman–Crippen LogP) is 3.13. The lowest BCUT2D eigenvalue weighted by atomic mass is 10.1. The molecule has 1 heterocycles. The number of nitrogens with zero attached hydrogens (tertiary/aromatic N) is 2. The molecule has 0 bridgehead atoms. The van der Waals surface area contributed by atoms with Gasteiger partial charge < -0.3 is 4.90 Å².